The molecule has 0 amide bonds. The van der Waals surface area contributed by atoms with Gasteiger partial charge in [-0.3, -0.25) is 0 Å². The van der Waals surface area contributed by atoms with Crippen molar-refractivity contribution in [1.82, 2.24) is 4.72 Å². The van der Waals surface area contributed by atoms with E-state index in [1.54, 1.807) is 25.3 Å². The molecule has 136 valence electrons. The van der Waals surface area contributed by atoms with Gasteiger partial charge in [0, 0.05) is 11.7 Å². The van der Waals surface area contributed by atoms with E-state index in [-0.39, 0.29) is 23.3 Å². The van der Waals surface area contributed by atoms with E-state index in [0.717, 1.165) is 36.0 Å². The average Bonchev–Trinajstić information content (AvgIpc) is 2.54. The summed E-state index contributed by atoms with van der Waals surface area (Å²) in [5.41, 5.74) is 9.48. The predicted octanol–water partition coefficient (Wildman–Crippen LogP) is 3.36. The van der Waals surface area contributed by atoms with Crippen molar-refractivity contribution in [2.45, 2.75) is 37.1 Å². The van der Waals surface area contributed by atoms with Crippen LogP contribution in [0.4, 0.5) is 5.69 Å². The third-order valence-corrected chi connectivity index (χ3v) is 5.92. The maximum absolute atomic E-state index is 12.8. The summed E-state index contributed by atoms with van der Waals surface area (Å²) in [5, 5.41) is 0. The van der Waals surface area contributed by atoms with Gasteiger partial charge in [0.05, 0.1) is 12.0 Å². The fourth-order valence-electron chi connectivity index (χ4n) is 3.23. The monoisotopic (exact) mass is 382 g/mol. The van der Waals surface area contributed by atoms with Crippen molar-refractivity contribution < 1.29 is 13.2 Å². The van der Waals surface area contributed by atoms with Crippen molar-refractivity contribution in [3.8, 4) is 5.75 Å². The van der Waals surface area contributed by atoms with Gasteiger partial charge >= 0.3 is 0 Å². The van der Waals surface area contributed by atoms with E-state index in [4.69, 9.17) is 10.5 Å². The summed E-state index contributed by atoms with van der Waals surface area (Å²) in [7, 11) is -2.03. The Morgan fingerprint density at radius 2 is 1.96 bits per heavy atom. The lowest BCUT2D eigenvalue weighted by Crippen LogP contribution is -2.31. The maximum atomic E-state index is 12.8. The van der Waals surface area contributed by atoms with Crippen LogP contribution in [-0.4, -0.2) is 15.5 Å². The summed E-state index contributed by atoms with van der Waals surface area (Å²) < 4.78 is 33.5. The molecule has 25 heavy (non-hydrogen) atoms. The van der Waals surface area contributed by atoms with Gasteiger partial charge in [-0.1, -0.05) is 6.07 Å². The molecule has 0 aromatic heterocycles. The molecule has 3 rings (SSSR count). The second-order valence-corrected chi connectivity index (χ2v) is 7.87. The number of rotatable bonds is 4. The first kappa shape index (κ1) is 19.6. The first-order chi connectivity index (χ1) is 11.4. The lowest BCUT2D eigenvalue weighted by molar-refractivity contribution is 0.411. The molecule has 1 aliphatic rings. The highest BCUT2D eigenvalue weighted by Gasteiger charge is 2.26. The molecule has 0 radical (unpaired) electrons. The van der Waals surface area contributed by atoms with Gasteiger partial charge in [0.1, 0.15) is 5.75 Å². The number of hydrogen-bond acceptors (Lipinski definition) is 4. The molecule has 0 spiro atoms. The molecule has 1 aliphatic carbocycles. The molecule has 7 heteroatoms. The van der Waals surface area contributed by atoms with Crippen LogP contribution in [0, 0.1) is 6.92 Å². The minimum absolute atomic E-state index is 0. The molecular formula is C18H23ClN2O3S. The Bertz CT molecular complexity index is 869. The van der Waals surface area contributed by atoms with Crippen molar-refractivity contribution in [2.24, 2.45) is 0 Å². The number of nitrogens with one attached hydrogen (secondary N) is 1. The van der Waals surface area contributed by atoms with Gasteiger partial charge in [-0.05, 0) is 73.2 Å². The van der Waals surface area contributed by atoms with E-state index in [1.165, 1.54) is 0 Å². The second kappa shape index (κ2) is 7.64. The number of aryl methyl sites for hydroxylation is 2. The maximum Gasteiger partial charge on any atom is 0.241 e. The van der Waals surface area contributed by atoms with Crippen LogP contribution >= 0.6 is 12.4 Å². The first-order valence-electron chi connectivity index (χ1n) is 7.96. The number of sulfonamides is 1. The van der Waals surface area contributed by atoms with Gasteiger partial charge in [0.15, 0.2) is 0 Å². The van der Waals surface area contributed by atoms with Gasteiger partial charge in [-0.2, -0.15) is 0 Å². The lowest BCUT2D eigenvalue weighted by Gasteiger charge is -2.26. The molecular weight excluding hydrogens is 360 g/mol. The zero-order valence-electron chi connectivity index (χ0n) is 14.3. The van der Waals surface area contributed by atoms with E-state index >= 15 is 0 Å². The molecule has 1 unspecified atom stereocenters. The SMILES string of the molecule is COc1ccc(S(=O)(=O)NC2CCCc3cc(N)ccc32)cc1C.Cl. The first-order valence-corrected chi connectivity index (χ1v) is 9.44. The molecule has 2 aromatic carbocycles. The summed E-state index contributed by atoms with van der Waals surface area (Å²) in [6, 6.07) is 10.3. The fourth-order valence-corrected chi connectivity index (χ4v) is 4.56. The zero-order chi connectivity index (χ0) is 17.3. The smallest absolute Gasteiger partial charge is 0.241 e. The number of methoxy groups -OCH3 is 1. The highest BCUT2D eigenvalue weighted by molar-refractivity contribution is 7.89. The van der Waals surface area contributed by atoms with Gasteiger partial charge < -0.3 is 10.5 Å². The molecule has 0 aliphatic heterocycles. The second-order valence-electron chi connectivity index (χ2n) is 6.16. The molecule has 0 bridgehead atoms. The Morgan fingerprint density at radius 1 is 1.20 bits per heavy atom. The van der Waals surface area contributed by atoms with Gasteiger partial charge in [0.2, 0.25) is 10.0 Å². The third-order valence-electron chi connectivity index (χ3n) is 4.46. The topological polar surface area (TPSA) is 81.4 Å². The van der Waals surface area contributed by atoms with E-state index in [2.05, 4.69) is 4.72 Å². The van der Waals surface area contributed by atoms with E-state index in [0.29, 0.717) is 11.4 Å². The van der Waals surface area contributed by atoms with Crippen molar-refractivity contribution in [3.63, 3.8) is 0 Å². The summed E-state index contributed by atoms with van der Waals surface area (Å²) in [5.74, 6) is 0.674. The number of benzene rings is 2. The van der Waals surface area contributed by atoms with Crippen molar-refractivity contribution >= 4 is 28.1 Å². The molecule has 0 saturated carbocycles. The molecule has 2 aromatic rings. The molecule has 0 fully saturated rings. The van der Waals surface area contributed by atoms with E-state index < -0.39 is 10.0 Å². The summed E-state index contributed by atoms with van der Waals surface area (Å²) in [6.07, 6.45) is 2.65. The number of halogens is 1. The van der Waals surface area contributed by atoms with Crippen LogP contribution in [0.5, 0.6) is 5.75 Å². The summed E-state index contributed by atoms with van der Waals surface area (Å²) in [4.78, 5) is 0.253. The van der Waals surface area contributed by atoms with Crippen LogP contribution in [0.1, 0.15) is 35.6 Å². The Hall–Kier alpha value is -1.76. The Morgan fingerprint density at radius 3 is 2.64 bits per heavy atom. The average molecular weight is 383 g/mol. The van der Waals surface area contributed by atoms with Gasteiger partial charge in [-0.15, -0.1) is 12.4 Å². The summed E-state index contributed by atoms with van der Waals surface area (Å²) >= 11 is 0. The van der Waals surface area contributed by atoms with E-state index in [9.17, 15) is 8.42 Å². The molecule has 0 heterocycles. The predicted molar refractivity (Wildman–Crippen MR) is 102 cm³/mol. The Labute approximate surface area is 155 Å². The molecule has 5 nitrogen and oxygen atoms in total. The highest BCUT2D eigenvalue weighted by atomic mass is 35.5. The molecule has 1 atom stereocenters. The zero-order valence-corrected chi connectivity index (χ0v) is 15.9. The van der Waals surface area contributed by atoms with Crippen LogP contribution in [0.15, 0.2) is 41.3 Å². The number of anilines is 1. The lowest BCUT2D eigenvalue weighted by atomic mass is 9.88. The Kier molecular flexibility index (Phi) is 5.98. The molecule has 0 saturated heterocycles. The van der Waals surface area contributed by atoms with Crippen molar-refractivity contribution in [1.29, 1.82) is 0 Å². The van der Waals surface area contributed by atoms with Crippen LogP contribution in [-0.2, 0) is 16.4 Å². The standard InChI is InChI=1S/C18H22N2O3S.ClH/c1-12-10-15(7-9-18(12)23-2)24(21,22)20-17-5-3-4-13-11-14(19)6-8-16(13)17;/h6-11,17,20H,3-5,19H2,1-2H3;1H. The minimum Gasteiger partial charge on any atom is -0.496 e. The normalized spacial score (nSPS) is 16.6. The molecule has 3 N–H and O–H groups in total. The number of ether oxygens (including phenoxy) is 1. The third kappa shape index (κ3) is 4.08. The minimum atomic E-state index is -3.60. The number of nitrogens with two attached hydrogens (primary N) is 1. The van der Waals surface area contributed by atoms with Crippen molar-refractivity contribution in [3.05, 3.63) is 53.1 Å². The highest BCUT2D eigenvalue weighted by Crippen LogP contribution is 2.32. The van der Waals surface area contributed by atoms with Crippen LogP contribution in [0.2, 0.25) is 0 Å². The van der Waals surface area contributed by atoms with Gasteiger partial charge in [0.25, 0.3) is 0 Å². The number of hydrogen-bond donors (Lipinski definition) is 2. The number of nitrogen functional groups attached to an aromatic ring is 1. The van der Waals surface area contributed by atoms with Gasteiger partial charge in [-0.25, -0.2) is 13.1 Å². The van der Waals surface area contributed by atoms with Crippen LogP contribution in [0.3, 0.4) is 0 Å². The van der Waals surface area contributed by atoms with E-state index in [1.807, 2.05) is 25.1 Å². The Balaban J connectivity index is 0.00000225. The quantitative estimate of drug-likeness (QED) is 0.794. The summed E-state index contributed by atoms with van der Waals surface area (Å²) in [6.45, 7) is 1.83. The largest absolute Gasteiger partial charge is 0.496 e. The number of fused-ring (bicyclic) bond motifs is 1. The fraction of sp³-hybridized carbons (Fsp3) is 0.333. The van der Waals surface area contributed by atoms with Crippen LogP contribution in [0.25, 0.3) is 0 Å². The van der Waals surface area contributed by atoms with Crippen LogP contribution < -0.4 is 15.2 Å². The van der Waals surface area contributed by atoms with Crippen molar-refractivity contribution in [2.75, 3.05) is 12.8 Å².